The Labute approximate surface area is 173 Å². The Morgan fingerprint density at radius 2 is 1.50 bits per heavy atom. The predicted molar refractivity (Wildman–Crippen MR) is 112 cm³/mol. The number of phenols is 1. The quantitative estimate of drug-likeness (QED) is 0.270. The van der Waals surface area contributed by atoms with Crippen molar-refractivity contribution in [1.29, 1.82) is 0 Å². The van der Waals surface area contributed by atoms with Crippen LogP contribution < -0.4 is 14.9 Å². The van der Waals surface area contributed by atoms with Crippen molar-refractivity contribution in [3.8, 4) is 17.2 Å². The standard InChI is InChI=1S/C23H20N2O5/c1-2-29-20-13-7-18(8-14-20)23(28)30-21-11-3-16(4-12-21)15-24-25-22(27)17-5-9-19(26)10-6-17/h3-15,26H,2H2,1H3,(H,25,27)/b24-15+. The Balaban J connectivity index is 1.54. The summed E-state index contributed by atoms with van der Waals surface area (Å²) in [6, 6.07) is 19.2. The lowest BCUT2D eigenvalue weighted by Gasteiger charge is -2.06. The maximum Gasteiger partial charge on any atom is 0.343 e. The van der Waals surface area contributed by atoms with Crippen LogP contribution in [0.3, 0.4) is 0 Å². The summed E-state index contributed by atoms with van der Waals surface area (Å²) < 4.78 is 10.7. The third-order valence-electron chi connectivity index (χ3n) is 4.00. The van der Waals surface area contributed by atoms with Gasteiger partial charge in [-0.25, -0.2) is 10.2 Å². The maximum atomic E-state index is 12.2. The molecule has 3 aromatic carbocycles. The predicted octanol–water partition coefficient (Wildman–Crippen LogP) is 3.77. The van der Waals surface area contributed by atoms with Gasteiger partial charge in [-0.2, -0.15) is 5.10 Å². The molecule has 7 heteroatoms. The molecule has 1 amide bonds. The first kappa shape index (κ1) is 20.6. The summed E-state index contributed by atoms with van der Waals surface area (Å²) in [6.07, 6.45) is 1.47. The molecule has 0 atom stereocenters. The van der Waals surface area contributed by atoms with Crippen molar-refractivity contribution in [3.05, 3.63) is 89.5 Å². The van der Waals surface area contributed by atoms with Gasteiger partial charge in [0.15, 0.2) is 0 Å². The number of phenolic OH excluding ortho intramolecular Hbond substituents is 1. The van der Waals surface area contributed by atoms with Gasteiger partial charge >= 0.3 is 5.97 Å². The van der Waals surface area contributed by atoms with Crippen molar-refractivity contribution in [3.63, 3.8) is 0 Å². The molecular weight excluding hydrogens is 384 g/mol. The second-order valence-corrected chi connectivity index (χ2v) is 6.16. The van der Waals surface area contributed by atoms with Gasteiger partial charge in [-0.15, -0.1) is 0 Å². The second kappa shape index (κ2) is 9.88. The van der Waals surface area contributed by atoms with E-state index in [1.54, 1.807) is 48.5 Å². The van der Waals surface area contributed by atoms with Gasteiger partial charge in [-0.3, -0.25) is 4.79 Å². The zero-order chi connectivity index (χ0) is 21.3. The summed E-state index contributed by atoms with van der Waals surface area (Å²) in [5.74, 6) is 0.292. The van der Waals surface area contributed by atoms with E-state index in [9.17, 15) is 14.7 Å². The number of carbonyl (C=O) groups excluding carboxylic acids is 2. The number of nitrogens with one attached hydrogen (secondary N) is 1. The first-order valence-electron chi connectivity index (χ1n) is 9.22. The van der Waals surface area contributed by atoms with Gasteiger partial charge in [-0.05, 0) is 85.3 Å². The van der Waals surface area contributed by atoms with E-state index >= 15 is 0 Å². The van der Waals surface area contributed by atoms with Gasteiger partial charge in [0, 0.05) is 5.56 Å². The topological polar surface area (TPSA) is 97.2 Å². The zero-order valence-corrected chi connectivity index (χ0v) is 16.2. The number of esters is 1. The average Bonchev–Trinajstić information content (AvgIpc) is 2.76. The molecule has 7 nitrogen and oxygen atoms in total. The van der Waals surface area contributed by atoms with Gasteiger partial charge < -0.3 is 14.6 Å². The third-order valence-corrected chi connectivity index (χ3v) is 4.00. The summed E-state index contributed by atoms with van der Waals surface area (Å²) in [7, 11) is 0. The number of hydrogen-bond donors (Lipinski definition) is 2. The number of amides is 1. The number of carbonyl (C=O) groups is 2. The molecule has 0 aliphatic heterocycles. The third kappa shape index (κ3) is 5.68. The van der Waals surface area contributed by atoms with E-state index in [1.807, 2.05) is 6.92 Å². The molecule has 0 aliphatic carbocycles. The number of hydrazone groups is 1. The number of hydrogen-bond acceptors (Lipinski definition) is 6. The fraction of sp³-hybridized carbons (Fsp3) is 0.0870. The van der Waals surface area contributed by atoms with Crippen LogP contribution in [0.25, 0.3) is 0 Å². The molecule has 0 aromatic heterocycles. The van der Waals surface area contributed by atoms with E-state index in [0.717, 1.165) is 0 Å². The van der Waals surface area contributed by atoms with Crippen molar-refractivity contribution in [2.75, 3.05) is 6.61 Å². The molecule has 0 saturated carbocycles. The molecule has 0 radical (unpaired) electrons. The molecule has 0 saturated heterocycles. The largest absolute Gasteiger partial charge is 0.508 e. The smallest absolute Gasteiger partial charge is 0.343 e. The lowest BCUT2D eigenvalue weighted by Crippen LogP contribution is -2.17. The van der Waals surface area contributed by atoms with E-state index in [4.69, 9.17) is 9.47 Å². The summed E-state index contributed by atoms with van der Waals surface area (Å²) in [6.45, 7) is 2.44. The van der Waals surface area contributed by atoms with Crippen LogP contribution in [0.15, 0.2) is 77.9 Å². The van der Waals surface area contributed by atoms with Crippen LogP contribution in [-0.2, 0) is 0 Å². The lowest BCUT2D eigenvalue weighted by atomic mass is 10.2. The van der Waals surface area contributed by atoms with Gasteiger partial charge in [0.2, 0.25) is 0 Å². The highest BCUT2D eigenvalue weighted by molar-refractivity contribution is 5.95. The summed E-state index contributed by atoms with van der Waals surface area (Å²) in [5.41, 5.74) is 3.91. The normalized spacial score (nSPS) is 10.6. The molecule has 0 fully saturated rings. The Morgan fingerprint density at radius 1 is 0.900 bits per heavy atom. The molecule has 2 N–H and O–H groups in total. The van der Waals surface area contributed by atoms with Gasteiger partial charge in [0.1, 0.15) is 17.2 Å². The van der Waals surface area contributed by atoms with Gasteiger partial charge in [0.05, 0.1) is 18.4 Å². The van der Waals surface area contributed by atoms with Crippen LogP contribution in [0.5, 0.6) is 17.2 Å². The number of benzene rings is 3. The molecular formula is C23H20N2O5. The first-order chi connectivity index (χ1) is 14.5. The van der Waals surface area contributed by atoms with Crippen molar-refractivity contribution >= 4 is 18.1 Å². The monoisotopic (exact) mass is 404 g/mol. The molecule has 3 rings (SSSR count). The van der Waals surface area contributed by atoms with Crippen LogP contribution in [0.2, 0.25) is 0 Å². The second-order valence-electron chi connectivity index (χ2n) is 6.16. The highest BCUT2D eigenvalue weighted by Gasteiger charge is 2.09. The highest BCUT2D eigenvalue weighted by Crippen LogP contribution is 2.16. The number of rotatable bonds is 7. The highest BCUT2D eigenvalue weighted by atomic mass is 16.5. The summed E-state index contributed by atoms with van der Waals surface area (Å²) >= 11 is 0. The van der Waals surface area contributed by atoms with E-state index in [-0.39, 0.29) is 5.75 Å². The fourth-order valence-corrected chi connectivity index (χ4v) is 2.48. The number of nitrogens with zero attached hydrogens (tertiary/aromatic N) is 1. The van der Waals surface area contributed by atoms with Crippen molar-refractivity contribution in [2.45, 2.75) is 6.92 Å². The number of aromatic hydroxyl groups is 1. The molecule has 30 heavy (non-hydrogen) atoms. The minimum Gasteiger partial charge on any atom is -0.508 e. The Bertz CT molecular complexity index is 1030. The molecule has 152 valence electrons. The van der Waals surface area contributed by atoms with Crippen molar-refractivity contribution in [2.24, 2.45) is 5.10 Å². The molecule has 0 bridgehead atoms. The zero-order valence-electron chi connectivity index (χ0n) is 16.2. The van der Waals surface area contributed by atoms with E-state index in [0.29, 0.717) is 34.8 Å². The maximum absolute atomic E-state index is 12.2. The van der Waals surface area contributed by atoms with Gasteiger partial charge in [0.25, 0.3) is 5.91 Å². The Kier molecular flexibility index (Phi) is 6.78. The molecule has 0 heterocycles. The first-order valence-corrected chi connectivity index (χ1v) is 9.22. The van der Waals surface area contributed by atoms with Crippen LogP contribution in [0, 0.1) is 0 Å². The molecule has 0 spiro atoms. The van der Waals surface area contributed by atoms with Crippen LogP contribution in [0.4, 0.5) is 0 Å². The Hall–Kier alpha value is -4.13. The lowest BCUT2D eigenvalue weighted by molar-refractivity contribution is 0.0734. The molecule has 0 unspecified atom stereocenters. The minimum atomic E-state index is -0.472. The minimum absolute atomic E-state index is 0.0818. The van der Waals surface area contributed by atoms with Crippen molar-refractivity contribution in [1.82, 2.24) is 5.43 Å². The number of ether oxygens (including phenoxy) is 2. The van der Waals surface area contributed by atoms with E-state index < -0.39 is 11.9 Å². The SMILES string of the molecule is CCOc1ccc(C(=O)Oc2ccc(/C=N/NC(=O)c3ccc(O)cc3)cc2)cc1. The van der Waals surface area contributed by atoms with Crippen LogP contribution in [0.1, 0.15) is 33.2 Å². The fourth-order valence-electron chi connectivity index (χ4n) is 2.48. The van der Waals surface area contributed by atoms with Gasteiger partial charge in [-0.1, -0.05) is 0 Å². The molecule has 0 aliphatic rings. The summed E-state index contributed by atoms with van der Waals surface area (Å²) in [5, 5.41) is 13.1. The van der Waals surface area contributed by atoms with E-state index in [2.05, 4.69) is 10.5 Å². The van der Waals surface area contributed by atoms with Crippen LogP contribution in [-0.4, -0.2) is 29.8 Å². The average molecular weight is 404 g/mol. The van der Waals surface area contributed by atoms with E-state index in [1.165, 1.54) is 30.5 Å². The molecule has 3 aromatic rings. The van der Waals surface area contributed by atoms with Crippen LogP contribution >= 0.6 is 0 Å². The summed E-state index contributed by atoms with van der Waals surface area (Å²) in [4.78, 5) is 24.2. The van der Waals surface area contributed by atoms with Crippen molar-refractivity contribution < 1.29 is 24.2 Å². The Morgan fingerprint density at radius 3 is 2.13 bits per heavy atom.